The zero-order valence-electron chi connectivity index (χ0n) is 12.1. The lowest BCUT2D eigenvalue weighted by Crippen LogP contribution is -2.69. The van der Waals surface area contributed by atoms with E-state index in [9.17, 15) is 9.59 Å². The lowest BCUT2D eigenvalue weighted by Gasteiger charge is -2.43. The van der Waals surface area contributed by atoms with Gasteiger partial charge in [0.1, 0.15) is 11.6 Å². The molecule has 2 fully saturated rings. The van der Waals surface area contributed by atoms with Crippen LogP contribution in [0.25, 0.3) is 0 Å². The molecule has 2 heterocycles. The summed E-state index contributed by atoms with van der Waals surface area (Å²) in [7, 11) is 0. The van der Waals surface area contributed by atoms with Crippen LogP contribution in [-0.4, -0.2) is 33.2 Å². The van der Waals surface area contributed by atoms with E-state index in [0.29, 0.717) is 5.69 Å². The average molecular weight is 276 g/mol. The Labute approximate surface area is 118 Å². The number of amides is 2. The van der Waals surface area contributed by atoms with Crippen molar-refractivity contribution in [1.29, 1.82) is 0 Å². The van der Waals surface area contributed by atoms with Crippen LogP contribution in [0.4, 0.5) is 5.69 Å². The second-order valence-electron chi connectivity index (χ2n) is 5.87. The van der Waals surface area contributed by atoms with E-state index in [1.165, 1.54) is 0 Å². The molecule has 6 nitrogen and oxygen atoms in total. The summed E-state index contributed by atoms with van der Waals surface area (Å²) in [5.74, 6) is 0.140. The van der Waals surface area contributed by atoms with Crippen LogP contribution in [0, 0.1) is 5.92 Å². The molecule has 2 aliphatic rings. The number of carbonyl (C=O) groups is 2. The van der Waals surface area contributed by atoms with Gasteiger partial charge in [0.25, 0.3) is 5.91 Å². The molecule has 3 rings (SSSR count). The number of nitrogens with zero attached hydrogens (tertiary/aromatic N) is 3. The van der Waals surface area contributed by atoms with Gasteiger partial charge in [0.15, 0.2) is 0 Å². The van der Waals surface area contributed by atoms with Gasteiger partial charge in [-0.3, -0.25) is 19.2 Å². The van der Waals surface area contributed by atoms with Gasteiger partial charge in [0.2, 0.25) is 5.91 Å². The van der Waals surface area contributed by atoms with Crippen LogP contribution in [0.1, 0.15) is 33.6 Å². The molecule has 0 aromatic carbocycles. The molecule has 0 radical (unpaired) electrons. The maximum Gasteiger partial charge on any atom is 0.253 e. The first kappa shape index (κ1) is 13.1. The first-order valence-electron chi connectivity index (χ1n) is 7.15. The standard InChI is InChI=1S/C14H20N4O2/c1-4-17-8-11(7-15-17)18-9(2)12(19)16-14(3,13(18)20)10-5-6-10/h7-10H,4-6H2,1-3H3,(H,16,19). The second-order valence-corrected chi connectivity index (χ2v) is 5.87. The lowest BCUT2D eigenvalue weighted by molar-refractivity contribution is -0.138. The van der Waals surface area contributed by atoms with Gasteiger partial charge < -0.3 is 5.32 Å². The molecule has 1 aromatic heterocycles. The fourth-order valence-corrected chi connectivity index (χ4v) is 2.89. The fraction of sp³-hybridized carbons (Fsp3) is 0.643. The van der Waals surface area contributed by atoms with E-state index in [1.54, 1.807) is 22.7 Å². The molecule has 6 heteroatoms. The number of piperazine rings is 1. The van der Waals surface area contributed by atoms with Gasteiger partial charge in [-0.15, -0.1) is 0 Å². The Morgan fingerprint density at radius 2 is 2.15 bits per heavy atom. The summed E-state index contributed by atoms with van der Waals surface area (Å²) < 4.78 is 1.76. The predicted molar refractivity (Wildman–Crippen MR) is 74.1 cm³/mol. The van der Waals surface area contributed by atoms with Gasteiger partial charge in [-0.1, -0.05) is 0 Å². The summed E-state index contributed by atoms with van der Waals surface area (Å²) in [5.41, 5.74) is -0.0659. The van der Waals surface area contributed by atoms with Crippen molar-refractivity contribution in [2.24, 2.45) is 5.92 Å². The Bertz CT molecular complexity index is 563. The molecular formula is C14H20N4O2. The topological polar surface area (TPSA) is 67.2 Å². The minimum absolute atomic E-state index is 0.0252. The van der Waals surface area contributed by atoms with Crippen molar-refractivity contribution in [2.45, 2.75) is 51.7 Å². The smallest absolute Gasteiger partial charge is 0.253 e. The first-order valence-corrected chi connectivity index (χ1v) is 7.15. The number of hydrogen-bond acceptors (Lipinski definition) is 3. The highest BCUT2D eigenvalue weighted by molar-refractivity contribution is 6.10. The number of hydrogen-bond donors (Lipinski definition) is 1. The normalized spacial score (nSPS) is 30.6. The summed E-state index contributed by atoms with van der Waals surface area (Å²) >= 11 is 0. The van der Waals surface area contributed by atoms with E-state index >= 15 is 0 Å². The molecule has 2 atom stereocenters. The minimum atomic E-state index is -0.766. The van der Waals surface area contributed by atoms with Crippen LogP contribution in [0.5, 0.6) is 0 Å². The molecule has 1 aliphatic heterocycles. The van der Waals surface area contributed by atoms with Crippen LogP contribution in [0.3, 0.4) is 0 Å². The zero-order chi connectivity index (χ0) is 14.5. The predicted octanol–water partition coefficient (Wildman–Crippen LogP) is 0.923. The van der Waals surface area contributed by atoms with Crippen molar-refractivity contribution in [3.8, 4) is 0 Å². The molecule has 1 aliphatic carbocycles. The average Bonchev–Trinajstić information content (AvgIpc) is 3.18. The summed E-state index contributed by atoms with van der Waals surface area (Å²) in [5, 5.41) is 7.12. The van der Waals surface area contributed by atoms with E-state index in [2.05, 4.69) is 10.4 Å². The van der Waals surface area contributed by atoms with Crippen LogP contribution in [0.2, 0.25) is 0 Å². The number of nitrogens with one attached hydrogen (secondary N) is 1. The fourth-order valence-electron chi connectivity index (χ4n) is 2.89. The SMILES string of the molecule is CCn1cc(N2C(=O)C(C)(C3CC3)NC(=O)C2C)cn1. The number of rotatable bonds is 3. The van der Waals surface area contributed by atoms with Gasteiger partial charge >= 0.3 is 0 Å². The third-order valence-electron chi connectivity index (χ3n) is 4.43. The summed E-state index contributed by atoms with van der Waals surface area (Å²) in [6.07, 6.45) is 5.47. The van der Waals surface area contributed by atoms with Gasteiger partial charge in [0.05, 0.1) is 11.9 Å². The molecule has 1 aromatic rings. The van der Waals surface area contributed by atoms with Gasteiger partial charge in [0, 0.05) is 12.7 Å². The van der Waals surface area contributed by atoms with Crippen molar-refractivity contribution in [3.05, 3.63) is 12.4 Å². The molecule has 1 saturated carbocycles. The molecular weight excluding hydrogens is 256 g/mol. The van der Waals surface area contributed by atoms with Crippen molar-refractivity contribution in [3.63, 3.8) is 0 Å². The number of carbonyl (C=O) groups excluding carboxylic acids is 2. The van der Waals surface area contributed by atoms with E-state index in [0.717, 1.165) is 19.4 Å². The summed E-state index contributed by atoms with van der Waals surface area (Å²) in [4.78, 5) is 26.7. The maximum atomic E-state index is 12.9. The number of anilines is 1. The van der Waals surface area contributed by atoms with Crippen molar-refractivity contribution >= 4 is 17.5 Å². The Balaban J connectivity index is 1.98. The maximum absolute atomic E-state index is 12.9. The molecule has 0 bridgehead atoms. The largest absolute Gasteiger partial charge is 0.340 e. The van der Waals surface area contributed by atoms with E-state index in [4.69, 9.17) is 0 Å². The van der Waals surface area contributed by atoms with Crippen molar-refractivity contribution < 1.29 is 9.59 Å². The quantitative estimate of drug-likeness (QED) is 0.892. The zero-order valence-corrected chi connectivity index (χ0v) is 12.1. The highest BCUT2D eigenvalue weighted by Crippen LogP contribution is 2.42. The molecule has 108 valence electrons. The van der Waals surface area contributed by atoms with Crippen LogP contribution in [-0.2, 0) is 16.1 Å². The summed E-state index contributed by atoms with van der Waals surface area (Å²) in [6.45, 7) is 6.32. The van der Waals surface area contributed by atoms with Crippen molar-refractivity contribution in [1.82, 2.24) is 15.1 Å². The van der Waals surface area contributed by atoms with Gasteiger partial charge in [-0.05, 0) is 39.5 Å². The Kier molecular flexibility index (Phi) is 2.84. The second kappa shape index (κ2) is 4.33. The molecule has 2 unspecified atom stereocenters. The van der Waals surface area contributed by atoms with E-state index < -0.39 is 11.6 Å². The van der Waals surface area contributed by atoms with E-state index in [-0.39, 0.29) is 17.7 Å². The Hall–Kier alpha value is -1.85. The van der Waals surface area contributed by atoms with E-state index in [1.807, 2.05) is 20.0 Å². The highest BCUT2D eigenvalue weighted by Gasteiger charge is 2.55. The van der Waals surface area contributed by atoms with Crippen LogP contribution >= 0.6 is 0 Å². The van der Waals surface area contributed by atoms with Crippen molar-refractivity contribution in [2.75, 3.05) is 4.90 Å². The molecule has 1 saturated heterocycles. The third-order valence-corrected chi connectivity index (χ3v) is 4.43. The molecule has 20 heavy (non-hydrogen) atoms. The third kappa shape index (κ3) is 1.82. The van der Waals surface area contributed by atoms with Gasteiger partial charge in [-0.25, -0.2) is 0 Å². The first-order chi connectivity index (χ1) is 9.47. The van der Waals surface area contributed by atoms with Crippen LogP contribution < -0.4 is 10.2 Å². The monoisotopic (exact) mass is 276 g/mol. The number of aryl methyl sites for hydroxylation is 1. The summed E-state index contributed by atoms with van der Waals surface area (Å²) in [6, 6.07) is -0.496. The number of aromatic nitrogens is 2. The molecule has 1 N–H and O–H groups in total. The highest BCUT2D eigenvalue weighted by atomic mass is 16.2. The molecule has 2 amide bonds. The van der Waals surface area contributed by atoms with Crippen LogP contribution in [0.15, 0.2) is 12.4 Å². The molecule has 0 spiro atoms. The minimum Gasteiger partial charge on any atom is -0.340 e. The van der Waals surface area contributed by atoms with Gasteiger partial charge in [-0.2, -0.15) is 5.10 Å². The lowest BCUT2D eigenvalue weighted by atomic mass is 9.89. The Morgan fingerprint density at radius 1 is 1.45 bits per heavy atom. The Morgan fingerprint density at radius 3 is 2.70 bits per heavy atom.